The van der Waals surface area contributed by atoms with Crippen molar-refractivity contribution in [3.05, 3.63) is 36.0 Å². The molecule has 1 aromatic carbocycles. The van der Waals surface area contributed by atoms with Crippen molar-refractivity contribution < 1.29 is 24.3 Å². The van der Waals surface area contributed by atoms with E-state index in [2.05, 4.69) is 10.7 Å². The quantitative estimate of drug-likeness (QED) is 0.466. The predicted molar refractivity (Wildman–Crippen MR) is 78.1 cm³/mol. The average molecular weight is 305 g/mol. The van der Waals surface area contributed by atoms with Crippen LogP contribution in [0.5, 0.6) is 0 Å². The van der Waals surface area contributed by atoms with Crippen LogP contribution in [0.2, 0.25) is 0 Å². The Morgan fingerprint density at radius 3 is 2.41 bits per heavy atom. The minimum atomic E-state index is -1.20. The summed E-state index contributed by atoms with van der Waals surface area (Å²) in [5.41, 5.74) is 5.44. The molecule has 1 heterocycles. The number of aliphatic carboxylic acids is 1. The number of Topliss-reactive ketones (excluding diaryl/α,β-unsaturated/α-hetero) is 1. The van der Waals surface area contributed by atoms with Crippen molar-refractivity contribution >= 4 is 34.5 Å². The molecule has 0 saturated heterocycles. The number of nitrogens with one attached hydrogen (secondary N) is 2. The fourth-order valence-electron chi connectivity index (χ4n) is 1.62. The molecule has 0 fully saturated rings. The maximum atomic E-state index is 11.8. The first kappa shape index (κ1) is 16.9. The Bertz CT molecular complexity index is 716. The van der Waals surface area contributed by atoms with Crippen LogP contribution in [0.1, 0.15) is 17.3 Å². The first-order valence-corrected chi connectivity index (χ1v) is 6.19. The van der Waals surface area contributed by atoms with Crippen molar-refractivity contribution in [3.8, 4) is 0 Å². The van der Waals surface area contributed by atoms with Crippen LogP contribution in [0.15, 0.2) is 30.5 Å². The lowest BCUT2D eigenvalue weighted by Crippen LogP contribution is -2.34. The number of primary amides is 1. The maximum Gasteiger partial charge on any atom is 0.322 e. The van der Waals surface area contributed by atoms with Gasteiger partial charge in [0.15, 0.2) is 0 Å². The first-order chi connectivity index (χ1) is 10.3. The van der Waals surface area contributed by atoms with Gasteiger partial charge in [0.2, 0.25) is 5.91 Å². The highest BCUT2D eigenvalue weighted by Crippen LogP contribution is 2.17. The van der Waals surface area contributed by atoms with Gasteiger partial charge in [0.25, 0.3) is 11.7 Å². The van der Waals surface area contributed by atoms with Gasteiger partial charge in [-0.15, -0.1) is 0 Å². The molecule has 0 saturated carbocycles. The second-order valence-electron chi connectivity index (χ2n) is 4.26. The van der Waals surface area contributed by atoms with Crippen LogP contribution in [0, 0.1) is 0 Å². The number of carboxylic acids is 1. The highest BCUT2D eigenvalue weighted by Gasteiger charge is 2.19. The predicted octanol–water partition coefficient (Wildman–Crippen LogP) is 0.0430. The molecule has 1 aromatic heterocycles. The first-order valence-electron chi connectivity index (χ1n) is 6.19. The van der Waals surface area contributed by atoms with Gasteiger partial charge < -0.3 is 21.1 Å². The molecule has 0 bridgehead atoms. The third-order valence-corrected chi connectivity index (χ3v) is 2.44. The number of aromatic nitrogens is 1. The van der Waals surface area contributed by atoms with E-state index in [-0.39, 0.29) is 11.5 Å². The van der Waals surface area contributed by atoms with Crippen molar-refractivity contribution in [2.24, 2.45) is 5.73 Å². The van der Waals surface area contributed by atoms with Gasteiger partial charge in [-0.3, -0.25) is 19.2 Å². The van der Waals surface area contributed by atoms with Crippen LogP contribution in [0.4, 0.5) is 0 Å². The number of carboxylic acid groups (broad SMARTS) is 1. The lowest BCUT2D eigenvalue weighted by molar-refractivity contribution is -0.137. The zero-order chi connectivity index (χ0) is 16.7. The molecule has 0 aliphatic rings. The number of para-hydroxylation sites is 1. The Morgan fingerprint density at radius 2 is 1.82 bits per heavy atom. The number of aromatic amines is 1. The third-order valence-electron chi connectivity index (χ3n) is 2.44. The number of nitrogens with two attached hydrogens (primary N) is 1. The molecular formula is C14H15N3O5. The second-order valence-corrected chi connectivity index (χ2v) is 4.26. The van der Waals surface area contributed by atoms with Crippen molar-refractivity contribution in [2.45, 2.75) is 6.92 Å². The van der Waals surface area contributed by atoms with Gasteiger partial charge in [-0.25, -0.2) is 0 Å². The van der Waals surface area contributed by atoms with Gasteiger partial charge in [0, 0.05) is 24.0 Å². The molecule has 2 aromatic rings. The summed E-state index contributed by atoms with van der Waals surface area (Å²) in [6.07, 6.45) is 1.44. The summed E-state index contributed by atoms with van der Waals surface area (Å²) < 4.78 is 0. The fraction of sp³-hybridized carbons (Fsp3) is 0.143. The zero-order valence-corrected chi connectivity index (χ0v) is 11.8. The minimum Gasteiger partial charge on any atom is -0.480 e. The van der Waals surface area contributed by atoms with E-state index in [4.69, 9.17) is 5.11 Å². The highest BCUT2D eigenvalue weighted by molar-refractivity contribution is 6.45. The van der Waals surface area contributed by atoms with Gasteiger partial charge in [-0.05, 0) is 6.07 Å². The number of ketones is 1. The lowest BCUT2D eigenvalue weighted by Gasteiger charge is -2.00. The molecule has 8 heteroatoms. The molecule has 5 N–H and O–H groups in total. The SMILES string of the molecule is CC(N)=O.O=C(O)CNC(=O)C(=O)c1c[nH]c2ccccc12. The summed E-state index contributed by atoms with van der Waals surface area (Å²) >= 11 is 0. The molecule has 8 nitrogen and oxygen atoms in total. The average Bonchev–Trinajstić information content (AvgIpc) is 2.87. The molecule has 0 aliphatic carbocycles. The summed E-state index contributed by atoms with van der Waals surface area (Å²) in [7, 11) is 0. The summed E-state index contributed by atoms with van der Waals surface area (Å²) in [5.74, 6) is -3.22. The number of rotatable bonds is 4. The van der Waals surface area contributed by atoms with E-state index in [1.54, 1.807) is 24.3 Å². The normalized spacial score (nSPS) is 9.50. The van der Waals surface area contributed by atoms with Gasteiger partial charge in [-0.1, -0.05) is 18.2 Å². The van der Waals surface area contributed by atoms with Crippen LogP contribution in [-0.2, 0) is 14.4 Å². The monoisotopic (exact) mass is 305 g/mol. The number of benzene rings is 1. The van der Waals surface area contributed by atoms with E-state index >= 15 is 0 Å². The Kier molecular flexibility index (Phi) is 5.82. The standard InChI is InChI=1S/C12H10N2O4.C2H5NO/c15-10(16)6-14-12(18)11(17)8-5-13-9-4-2-1-3-7(8)9;1-2(3)4/h1-5,13H,6H2,(H,14,18)(H,15,16);1H3,(H2,3,4). The number of hydrogen-bond acceptors (Lipinski definition) is 4. The fourth-order valence-corrected chi connectivity index (χ4v) is 1.62. The minimum absolute atomic E-state index is 0.230. The molecule has 0 aliphatic heterocycles. The van der Waals surface area contributed by atoms with Gasteiger partial charge in [-0.2, -0.15) is 0 Å². The maximum absolute atomic E-state index is 11.8. The van der Waals surface area contributed by atoms with Gasteiger partial charge in [0.1, 0.15) is 6.54 Å². The number of fused-ring (bicyclic) bond motifs is 1. The number of carbonyl (C=O) groups is 4. The Labute approximate surface area is 125 Å². The summed E-state index contributed by atoms with van der Waals surface area (Å²) in [6, 6.07) is 7.05. The van der Waals surface area contributed by atoms with Crippen molar-refractivity contribution in [1.82, 2.24) is 10.3 Å². The molecular weight excluding hydrogens is 290 g/mol. The van der Waals surface area contributed by atoms with E-state index < -0.39 is 24.2 Å². The van der Waals surface area contributed by atoms with Crippen molar-refractivity contribution in [1.29, 1.82) is 0 Å². The molecule has 116 valence electrons. The zero-order valence-electron chi connectivity index (χ0n) is 11.8. The van der Waals surface area contributed by atoms with Gasteiger partial charge >= 0.3 is 5.97 Å². The lowest BCUT2D eigenvalue weighted by atomic mass is 10.1. The second kappa shape index (κ2) is 7.58. The topological polar surface area (TPSA) is 142 Å². The van der Waals surface area contributed by atoms with Crippen LogP contribution in [0.25, 0.3) is 10.9 Å². The van der Waals surface area contributed by atoms with E-state index in [0.29, 0.717) is 5.39 Å². The Morgan fingerprint density at radius 1 is 1.23 bits per heavy atom. The number of H-pyrrole nitrogens is 1. The van der Waals surface area contributed by atoms with Crippen LogP contribution >= 0.6 is 0 Å². The van der Waals surface area contributed by atoms with Crippen molar-refractivity contribution in [3.63, 3.8) is 0 Å². The smallest absolute Gasteiger partial charge is 0.322 e. The van der Waals surface area contributed by atoms with E-state index in [9.17, 15) is 19.2 Å². The number of amides is 2. The van der Waals surface area contributed by atoms with Crippen molar-refractivity contribution in [2.75, 3.05) is 6.54 Å². The highest BCUT2D eigenvalue weighted by atomic mass is 16.4. The molecule has 22 heavy (non-hydrogen) atoms. The molecule has 2 amide bonds. The summed E-state index contributed by atoms with van der Waals surface area (Å²) in [5, 5.41) is 11.1. The molecule has 0 radical (unpaired) electrons. The van der Waals surface area contributed by atoms with Gasteiger partial charge in [0.05, 0.1) is 5.56 Å². The van der Waals surface area contributed by atoms with E-state index in [1.807, 2.05) is 5.32 Å². The Hall–Kier alpha value is -3.16. The largest absolute Gasteiger partial charge is 0.480 e. The molecule has 0 spiro atoms. The summed E-state index contributed by atoms with van der Waals surface area (Å²) in [6.45, 7) is 0.729. The summed E-state index contributed by atoms with van der Waals surface area (Å²) in [4.78, 5) is 45.6. The van der Waals surface area contributed by atoms with E-state index in [0.717, 1.165) is 5.52 Å². The van der Waals surface area contributed by atoms with E-state index in [1.165, 1.54) is 13.1 Å². The molecule has 2 rings (SSSR count). The molecule has 0 atom stereocenters. The Balaban J connectivity index is 0.000000541. The molecule has 0 unspecified atom stereocenters. The van der Waals surface area contributed by atoms with Crippen LogP contribution in [0.3, 0.4) is 0 Å². The third kappa shape index (κ3) is 4.75. The van der Waals surface area contributed by atoms with Crippen LogP contribution < -0.4 is 11.1 Å². The number of hydrogen-bond donors (Lipinski definition) is 4. The van der Waals surface area contributed by atoms with Crippen LogP contribution in [-0.4, -0.2) is 40.2 Å². The number of carbonyl (C=O) groups excluding carboxylic acids is 3.